The summed E-state index contributed by atoms with van der Waals surface area (Å²) in [6.07, 6.45) is -2.79. The molecule has 2 rings (SSSR count). The second-order valence-electron chi connectivity index (χ2n) is 5.11. The summed E-state index contributed by atoms with van der Waals surface area (Å²) in [5, 5.41) is 9.21. The molecule has 0 aliphatic heterocycles. The molecule has 0 spiro atoms. The van der Waals surface area contributed by atoms with E-state index in [2.05, 4.69) is 0 Å². The first-order valence-corrected chi connectivity index (χ1v) is 7.08. The van der Waals surface area contributed by atoms with Crippen molar-refractivity contribution in [3.63, 3.8) is 0 Å². The number of carboxylic acids is 1. The van der Waals surface area contributed by atoms with Gasteiger partial charge in [-0.3, -0.25) is 0 Å². The first-order valence-electron chi connectivity index (χ1n) is 7.08. The molecule has 0 aliphatic rings. The van der Waals surface area contributed by atoms with E-state index in [1.54, 1.807) is 6.08 Å². The van der Waals surface area contributed by atoms with Gasteiger partial charge in [0.05, 0.1) is 5.56 Å². The van der Waals surface area contributed by atoms with E-state index in [1.165, 1.54) is 6.08 Å². The molecule has 126 valence electrons. The molecule has 24 heavy (non-hydrogen) atoms. The Kier molecular flexibility index (Phi) is 5.28. The fraction of sp³-hybridized carbons (Fsp3) is 0.167. The molecule has 0 bridgehead atoms. The Hall–Kier alpha value is -2.76. The number of hydrogen-bond acceptors (Lipinski definition) is 2. The van der Waals surface area contributed by atoms with Gasteiger partial charge in [0.25, 0.3) is 0 Å². The van der Waals surface area contributed by atoms with Gasteiger partial charge in [-0.25, -0.2) is 4.79 Å². The highest BCUT2D eigenvalue weighted by Crippen LogP contribution is 2.30. The van der Waals surface area contributed by atoms with Crippen LogP contribution in [0.3, 0.4) is 0 Å². The van der Waals surface area contributed by atoms with E-state index in [0.717, 1.165) is 35.4 Å². The maximum absolute atomic E-state index is 12.5. The van der Waals surface area contributed by atoms with Gasteiger partial charge in [0.2, 0.25) is 6.10 Å². The van der Waals surface area contributed by atoms with Crippen LogP contribution in [0.4, 0.5) is 13.2 Å². The fourth-order valence-corrected chi connectivity index (χ4v) is 2.01. The lowest BCUT2D eigenvalue weighted by molar-refractivity contribution is -0.143. The maximum Gasteiger partial charge on any atom is 0.416 e. The van der Waals surface area contributed by atoms with Crippen molar-refractivity contribution in [2.24, 2.45) is 0 Å². The second kappa shape index (κ2) is 7.21. The Morgan fingerprint density at radius 1 is 1.12 bits per heavy atom. The first kappa shape index (κ1) is 17.6. The van der Waals surface area contributed by atoms with E-state index in [-0.39, 0.29) is 5.75 Å². The van der Waals surface area contributed by atoms with E-state index in [0.29, 0.717) is 0 Å². The third-order valence-corrected chi connectivity index (χ3v) is 3.33. The van der Waals surface area contributed by atoms with Crippen molar-refractivity contribution in [2.75, 3.05) is 0 Å². The predicted octanol–water partition coefficient (Wildman–Crippen LogP) is 4.56. The standard InChI is InChI=1S/C18H15F3O3/c1-12-4-2-3-5-13(12)6-11-16(17(22)23)24-15-9-7-14(8-10-15)18(19,20)21/h2-11,16H,1H3,(H,22,23). The van der Waals surface area contributed by atoms with Crippen molar-refractivity contribution >= 4 is 12.0 Å². The molecule has 0 saturated heterocycles. The number of carboxylic acid groups (broad SMARTS) is 1. The number of hydrogen-bond donors (Lipinski definition) is 1. The fourth-order valence-electron chi connectivity index (χ4n) is 2.01. The van der Waals surface area contributed by atoms with Crippen LogP contribution in [0.5, 0.6) is 5.75 Å². The number of carbonyl (C=O) groups is 1. The van der Waals surface area contributed by atoms with Crippen LogP contribution in [0.25, 0.3) is 6.08 Å². The molecule has 0 radical (unpaired) electrons. The predicted molar refractivity (Wildman–Crippen MR) is 83.7 cm³/mol. The third kappa shape index (κ3) is 4.62. The van der Waals surface area contributed by atoms with Crippen molar-refractivity contribution < 1.29 is 27.8 Å². The molecule has 1 atom stereocenters. The number of rotatable bonds is 5. The van der Waals surface area contributed by atoms with Crippen LogP contribution in [0.2, 0.25) is 0 Å². The minimum absolute atomic E-state index is 0.0461. The molecule has 0 fully saturated rings. The lowest BCUT2D eigenvalue weighted by Crippen LogP contribution is -2.24. The summed E-state index contributed by atoms with van der Waals surface area (Å²) in [6.45, 7) is 1.88. The quantitative estimate of drug-likeness (QED) is 0.871. The van der Waals surface area contributed by atoms with Gasteiger partial charge >= 0.3 is 12.1 Å². The molecule has 0 heterocycles. The van der Waals surface area contributed by atoms with Gasteiger partial charge in [-0.05, 0) is 48.4 Å². The van der Waals surface area contributed by atoms with E-state index in [1.807, 2.05) is 31.2 Å². The van der Waals surface area contributed by atoms with Crippen molar-refractivity contribution in [3.05, 3.63) is 71.3 Å². The van der Waals surface area contributed by atoms with Crippen LogP contribution in [0.15, 0.2) is 54.6 Å². The lowest BCUT2D eigenvalue weighted by Gasteiger charge is -2.13. The Labute approximate surface area is 137 Å². The van der Waals surface area contributed by atoms with Crippen LogP contribution in [-0.2, 0) is 11.0 Å². The third-order valence-electron chi connectivity index (χ3n) is 3.33. The summed E-state index contributed by atoms with van der Waals surface area (Å²) >= 11 is 0. The molecule has 2 aromatic carbocycles. The van der Waals surface area contributed by atoms with Gasteiger partial charge in [0.15, 0.2) is 0 Å². The van der Waals surface area contributed by atoms with Crippen LogP contribution in [0, 0.1) is 6.92 Å². The number of ether oxygens (including phenoxy) is 1. The lowest BCUT2D eigenvalue weighted by atomic mass is 10.1. The highest BCUT2D eigenvalue weighted by molar-refractivity contribution is 5.77. The normalized spacial score (nSPS) is 13.0. The van der Waals surface area contributed by atoms with Gasteiger partial charge in [-0.15, -0.1) is 0 Å². The second-order valence-corrected chi connectivity index (χ2v) is 5.11. The zero-order chi connectivity index (χ0) is 17.7. The molecular weight excluding hydrogens is 321 g/mol. The van der Waals surface area contributed by atoms with E-state index < -0.39 is 23.8 Å². The molecule has 6 heteroatoms. The molecule has 0 aliphatic carbocycles. The van der Waals surface area contributed by atoms with Crippen LogP contribution in [-0.4, -0.2) is 17.2 Å². The molecule has 2 aromatic rings. The molecular formula is C18H15F3O3. The average molecular weight is 336 g/mol. The molecule has 0 amide bonds. The Morgan fingerprint density at radius 2 is 1.75 bits per heavy atom. The van der Waals surface area contributed by atoms with Crippen molar-refractivity contribution in [3.8, 4) is 5.75 Å². The number of aliphatic carboxylic acids is 1. The number of alkyl halides is 3. The summed E-state index contributed by atoms with van der Waals surface area (Å²) in [4.78, 5) is 11.3. The molecule has 1 N–H and O–H groups in total. The highest BCUT2D eigenvalue weighted by Gasteiger charge is 2.30. The first-order chi connectivity index (χ1) is 11.3. The van der Waals surface area contributed by atoms with Crippen molar-refractivity contribution in [1.29, 1.82) is 0 Å². The number of aryl methyl sites for hydroxylation is 1. The largest absolute Gasteiger partial charge is 0.478 e. The number of halogens is 3. The van der Waals surface area contributed by atoms with Crippen LogP contribution < -0.4 is 4.74 Å². The minimum atomic E-state index is -4.45. The average Bonchev–Trinajstić information content (AvgIpc) is 2.52. The molecule has 0 aromatic heterocycles. The van der Waals surface area contributed by atoms with Crippen LogP contribution in [0.1, 0.15) is 16.7 Å². The van der Waals surface area contributed by atoms with Crippen molar-refractivity contribution in [1.82, 2.24) is 0 Å². The van der Waals surface area contributed by atoms with Gasteiger partial charge in [-0.1, -0.05) is 30.3 Å². The Balaban J connectivity index is 2.14. The smallest absolute Gasteiger partial charge is 0.416 e. The highest BCUT2D eigenvalue weighted by atomic mass is 19.4. The Bertz CT molecular complexity index is 734. The van der Waals surface area contributed by atoms with E-state index in [9.17, 15) is 23.1 Å². The summed E-state index contributed by atoms with van der Waals surface area (Å²) in [5.41, 5.74) is 0.976. The van der Waals surface area contributed by atoms with Gasteiger partial charge in [0.1, 0.15) is 5.75 Å². The summed E-state index contributed by atoms with van der Waals surface area (Å²) in [5.74, 6) is -1.19. The molecule has 1 unspecified atom stereocenters. The summed E-state index contributed by atoms with van der Waals surface area (Å²) in [7, 11) is 0. The minimum Gasteiger partial charge on any atom is -0.478 e. The Morgan fingerprint density at radius 3 is 2.29 bits per heavy atom. The van der Waals surface area contributed by atoms with Gasteiger partial charge in [0, 0.05) is 0 Å². The van der Waals surface area contributed by atoms with Gasteiger partial charge < -0.3 is 9.84 Å². The number of benzene rings is 2. The monoisotopic (exact) mass is 336 g/mol. The van der Waals surface area contributed by atoms with E-state index >= 15 is 0 Å². The topological polar surface area (TPSA) is 46.5 Å². The summed E-state index contributed by atoms with van der Waals surface area (Å²) < 4.78 is 42.8. The van der Waals surface area contributed by atoms with Crippen LogP contribution >= 0.6 is 0 Å². The van der Waals surface area contributed by atoms with Crippen molar-refractivity contribution in [2.45, 2.75) is 19.2 Å². The zero-order valence-electron chi connectivity index (χ0n) is 12.7. The molecule has 0 saturated carbocycles. The molecule has 3 nitrogen and oxygen atoms in total. The zero-order valence-corrected chi connectivity index (χ0v) is 12.7. The van der Waals surface area contributed by atoms with E-state index in [4.69, 9.17) is 4.74 Å². The van der Waals surface area contributed by atoms with Gasteiger partial charge in [-0.2, -0.15) is 13.2 Å². The summed E-state index contributed by atoms with van der Waals surface area (Å²) in [6, 6.07) is 11.3. The SMILES string of the molecule is Cc1ccccc1C=CC(Oc1ccc(C(F)(F)F)cc1)C(=O)O. The maximum atomic E-state index is 12.5.